The Morgan fingerprint density at radius 1 is 1.13 bits per heavy atom. The van der Waals surface area contributed by atoms with E-state index in [0.717, 1.165) is 10.9 Å². The summed E-state index contributed by atoms with van der Waals surface area (Å²) in [5, 5.41) is 0.815. The zero-order valence-electron chi connectivity index (χ0n) is 8.63. The first-order valence-corrected chi connectivity index (χ1v) is 4.72. The highest BCUT2D eigenvalue weighted by molar-refractivity contribution is 6.08. The zero-order valence-corrected chi connectivity index (χ0v) is 8.63. The van der Waals surface area contributed by atoms with E-state index in [2.05, 4.69) is 4.98 Å². The van der Waals surface area contributed by atoms with Gasteiger partial charge in [0.05, 0.1) is 0 Å². The summed E-state index contributed by atoms with van der Waals surface area (Å²) < 4.78 is 0. The highest BCUT2D eigenvalue weighted by atomic mass is 16.1. The van der Waals surface area contributed by atoms with Gasteiger partial charge in [0.2, 0.25) is 0 Å². The molecule has 3 nitrogen and oxygen atoms in total. The number of nitrogens with one attached hydrogen (secondary N) is 1. The van der Waals surface area contributed by atoms with Gasteiger partial charge in [-0.05, 0) is 32.0 Å². The molecule has 0 unspecified atom stereocenters. The summed E-state index contributed by atoms with van der Waals surface area (Å²) in [7, 11) is 0. The predicted octanol–water partition coefficient (Wildman–Crippen LogP) is 2.57. The van der Waals surface area contributed by atoms with Crippen LogP contribution >= 0.6 is 0 Å². The van der Waals surface area contributed by atoms with Gasteiger partial charge in [0.1, 0.15) is 0 Å². The zero-order chi connectivity index (χ0) is 11.0. The lowest BCUT2D eigenvalue weighted by molar-refractivity contribution is 0.100. The van der Waals surface area contributed by atoms with Crippen LogP contribution in [0, 0.1) is 0 Å². The molecule has 0 spiro atoms. The number of rotatable bonds is 2. The van der Waals surface area contributed by atoms with Gasteiger partial charge >= 0.3 is 0 Å². The van der Waals surface area contributed by atoms with Crippen LogP contribution in [-0.2, 0) is 0 Å². The molecule has 0 fully saturated rings. The van der Waals surface area contributed by atoms with E-state index in [1.54, 1.807) is 18.3 Å². The Kier molecular flexibility index (Phi) is 2.15. The lowest BCUT2D eigenvalue weighted by Gasteiger charge is -1.97. The second-order valence-electron chi connectivity index (χ2n) is 3.58. The van der Waals surface area contributed by atoms with Crippen molar-refractivity contribution in [1.29, 1.82) is 0 Å². The van der Waals surface area contributed by atoms with Crippen LogP contribution in [0.25, 0.3) is 10.9 Å². The minimum absolute atomic E-state index is 0.00181. The largest absolute Gasteiger partial charge is 0.360 e. The molecule has 0 aliphatic rings. The van der Waals surface area contributed by atoms with E-state index in [4.69, 9.17) is 0 Å². The molecule has 2 aromatic rings. The molecule has 15 heavy (non-hydrogen) atoms. The lowest BCUT2D eigenvalue weighted by atomic mass is 10.1. The Morgan fingerprint density at radius 2 is 1.87 bits per heavy atom. The molecule has 0 amide bonds. The molecule has 0 atom stereocenters. The fourth-order valence-electron chi connectivity index (χ4n) is 1.63. The molecule has 2 rings (SSSR count). The van der Waals surface area contributed by atoms with Crippen molar-refractivity contribution in [2.45, 2.75) is 13.8 Å². The highest BCUT2D eigenvalue weighted by Crippen LogP contribution is 2.20. The lowest BCUT2D eigenvalue weighted by Crippen LogP contribution is -1.93. The van der Waals surface area contributed by atoms with Crippen molar-refractivity contribution in [2.75, 3.05) is 0 Å². The number of aromatic amines is 1. The molecule has 1 heterocycles. The fraction of sp³-hybridized carbons (Fsp3) is 0.167. The number of fused-ring (bicyclic) bond motifs is 1. The summed E-state index contributed by atoms with van der Waals surface area (Å²) in [6.45, 7) is 3.03. The Hall–Kier alpha value is -1.90. The van der Waals surface area contributed by atoms with Crippen LogP contribution in [0.2, 0.25) is 0 Å². The average molecular weight is 201 g/mol. The van der Waals surface area contributed by atoms with Gasteiger partial charge in [-0.2, -0.15) is 0 Å². The van der Waals surface area contributed by atoms with Crippen LogP contribution in [0.15, 0.2) is 24.4 Å². The molecule has 0 saturated heterocycles. The molecule has 1 N–H and O–H groups in total. The number of ketones is 2. The minimum Gasteiger partial charge on any atom is -0.360 e. The van der Waals surface area contributed by atoms with Crippen molar-refractivity contribution in [3.63, 3.8) is 0 Å². The third-order valence-electron chi connectivity index (χ3n) is 2.47. The SMILES string of the molecule is CC(=O)c1ccc2[nH]cc(C(C)=O)c2c1. The van der Waals surface area contributed by atoms with E-state index in [1.807, 2.05) is 6.07 Å². The molecule has 1 aromatic carbocycles. The van der Waals surface area contributed by atoms with Crippen LogP contribution in [0.4, 0.5) is 0 Å². The van der Waals surface area contributed by atoms with Gasteiger partial charge < -0.3 is 4.98 Å². The standard InChI is InChI=1S/C12H11NO2/c1-7(14)9-3-4-12-10(5-9)11(6-13-12)8(2)15/h3-6,13H,1-2H3. The number of hydrogen-bond donors (Lipinski definition) is 1. The second-order valence-corrected chi connectivity index (χ2v) is 3.58. The molecule has 76 valence electrons. The summed E-state index contributed by atoms with van der Waals surface area (Å²) in [5.41, 5.74) is 2.14. The first-order chi connectivity index (χ1) is 7.09. The van der Waals surface area contributed by atoms with Crippen LogP contribution in [-0.4, -0.2) is 16.6 Å². The van der Waals surface area contributed by atoms with Gasteiger partial charge in [0.25, 0.3) is 0 Å². The Morgan fingerprint density at radius 3 is 2.47 bits per heavy atom. The molecular formula is C12H11NO2. The second kappa shape index (κ2) is 3.35. The van der Waals surface area contributed by atoms with E-state index >= 15 is 0 Å². The third kappa shape index (κ3) is 1.56. The van der Waals surface area contributed by atoms with Crippen molar-refractivity contribution in [3.8, 4) is 0 Å². The van der Waals surface area contributed by atoms with Crippen molar-refractivity contribution >= 4 is 22.5 Å². The number of carbonyl (C=O) groups excluding carboxylic acids is 2. The summed E-state index contributed by atoms with van der Waals surface area (Å²) in [6.07, 6.45) is 1.68. The fourth-order valence-corrected chi connectivity index (χ4v) is 1.63. The third-order valence-corrected chi connectivity index (χ3v) is 2.47. The van der Waals surface area contributed by atoms with Gasteiger partial charge in [0, 0.05) is 28.2 Å². The van der Waals surface area contributed by atoms with E-state index in [0.29, 0.717) is 11.1 Å². The van der Waals surface area contributed by atoms with E-state index in [9.17, 15) is 9.59 Å². The summed E-state index contributed by atoms with van der Waals surface area (Å²) in [5.74, 6) is 0.00885. The molecule has 0 saturated carbocycles. The van der Waals surface area contributed by atoms with Crippen molar-refractivity contribution < 1.29 is 9.59 Å². The average Bonchev–Trinajstić information content (AvgIpc) is 2.59. The van der Waals surface area contributed by atoms with Crippen LogP contribution in [0.5, 0.6) is 0 Å². The molecule has 0 aliphatic heterocycles. The Labute approximate surface area is 87.1 Å². The van der Waals surface area contributed by atoms with Crippen LogP contribution in [0.1, 0.15) is 34.6 Å². The number of hydrogen-bond acceptors (Lipinski definition) is 2. The van der Waals surface area contributed by atoms with Crippen molar-refractivity contribution in [2.24, 2.45) is 0 Å². The van der Waals surface area contributed by atoms with Crippen molar-refractivity contribution in [1.82, 2.24) is 4.98 Å². The maximum Gasteiger partial charge on any atom is 0.161 e. The number of H-pyrrole nitrogens is 1. The molecule has 0 radical (unpaired) electrons. The van der Waals surface area contributed by atoms with E-state index < -0.39 is 0 Å². The summed E-state index contributed by atoms with van der Waals surface area (Å²) in [6, 6.07) is 5.33. The maximum atomic E-state index is 11.3. The van der Waals surface area contributed by atoms with Gasteiger partial charge in [-0.25, -0.2) is 0 Å². The molecular weight excluding hydrogens is 190 g/mol. The van der Waals surface area contributed by atoms with Gasteiger partial charge in [-0.3, -0.25) is 9.59 Å². The number of aromatic nitrogens is 1. The molecule has 1 aromatic heterocycles. The normalized spacial score (nSPS) is 10.5. The summed E-state index contributed by atoms with van der Waals surface area (Å²) >= 11 is 0. The molecule has 3 heteroatoms. The van der Waals surface area contributed by atoms with Gasteiger partial charge in [-0.15, -0.1) is 0 Å². The topological polar surface area (TPSA) is 49.9 Å². The highest BCUT2D eigenvalue weighted by Gasteiger charge is 2.09. The molecule has 0 bridgehead atoms. The first kappa shape index (κ1) is 9.65. The first-order valence-electron chi connectivity index (χ1n) is 4.72. The monoisotopic (exact) mass is 201 g/mol. The van der Waals surface area contributed by atoms with Crippen molar-refractivity contribution in [3.05, 3.63) is 35.5 Å². The minimum atomic E-state index is 0.00181. The molecule has 0 aliphatic carbocycles. The number of benzene rings is 1. The summed E-state index contributed by atoms with van der Waals surface area (Å²) in [4.78, 5) is 25.5. The van der Waals surface area contributed by atoms with Gasteiger partial charge in [-0.1, -0.05) is 0 Å². The van der Waals surface area contributed by atoms with Gasteiger partial charge in [0.15, 0.2) is 11.6 Å². The quantitative estimate of drug-likeness (QED) is 0.759. The van der Waals surface area contributed by atoms with Crippen LogP contribution in [0.3, 0.4) is 0 Å². The Bertz CT molecular complexity index is 552. The maximum absolute atomic E-state index is 11.3. The number of carbonyl (C=O) groups is 2. The number of Topliss-reactive ketones (excluding diaryl/α,β-unsaturated/α-hetero) is 2. The smallest absolute Gasteiger partial charge is 0.161 e. The van der Waals surface area contributed by atoms with Crippen LogP contribution < -0.4 is 0 Å². The Balaban J connectivity index is 2.72. The van der Waals surface area contributed by atoms with E-state index in [-0.39, 0.29) is 11.6 Å². The predicted molar refractivity (Wildman–Crippen MR) is 58.3 cm³/mol. The van der Waals surface area contributed by atoms with E-state index in [1.165, 1.54) is 13.8 Å².